The molecule has 11 heteroatoms. The molecule has 1 atom stereocenters. The van der Waals surface area contributed by atoms with Crippen molar-refractivity contribution in [3.63, 3.8) is 0 Å². The fraction of sp³-hybridized carbons (Fsp3) is 0.267. The van der Waals surface area contributed by atoms with Crippen molar-refractivity contribution in [2.24, 2.45) is 0 Å². The number of aliphatic hydroxyl groups is 1. The molecule has 2 heterocycles. The third kappa shape index (κ3) is 3.87. The maximum absolute atomic E-state index is 11.8. The molecule has 0 spiro atoms. The highest BCUT2D eigenvalue weighted by Gasteiger charge is 2.16. The maximum atomic E-state index is 11.8. The Morgan fingerprint density at radius 3 is 2.69 bits per heavy atom. The van der Waals surface area contributed by atoms with Crippen LogP contribution >= 0.6 is 11.6 Å². The van der Waals surface area contributed by atoms with Gasteiger partial charge in [0.2, 0.25) is 11.9 Å². The van der Waals surface area contributed by atoms with Gasteiger partial charge in [-0.25, -0.2) is 4.98 Å². The van der Waals surface area contributed by atoms with E-state index in [1.54, 1.807) is 24.3 Å². The first-order valence-electron chi connectivity index (χ1n) is 7.60. The van der Waals surface area contributed by atoms with Crippen LogP contribution in [0.3, 0.4) is 0 Å². The van der Waals surface area contributed by atoms with Crippen molar-refractivity contribution in [2.75, 3.05) is 24.7 Å². The summed E-state index contributed by atoms with van der Waals surface area (Å²) in [4.78, 5) is 22.1. The second-order valence-corrected chi connectivity index (χ2v) is 5.82. The summed E-state index contributed by atoms with van der Waals surface area (Å²) in [6.45, 7) is -0.273. The zero-order valence-electron chi connectivity index (χ0n) is 13.6. The normalized spacial score (nSPS) is 12.4. The number of rotatable bonds is 7. The number of aliphatic hydroxyl groups excluding tert-OH is 1. The lowest BCUT2D eigenvalue weighted by atomic mass is 10.3. The molecule has 0 saturated heterocycles. The second-order valence-electron chi connectivity index (χ2n) is 5.39. The van der Waals surface area contributed by atoms with Gasteiger partial charge in [-0.2, -0.15) is 4.98 Å². The molecule has 2 aromatic heterocycles. The molecule has 1 aromatic carbocycles. The van der Waals surface area contributed by atoms with Crippen LogP contribution in [0.5, 0.6) is 5.75 Å². The summed E-state index contributed by atoms with van der Waals surface area (Å²) in [6.07, 6.45) is -0.637. The molecule has 0 aliphatic carbocycles. The molecule has 0 fully saturated rings. The number of nitrogens with one attached hydrogen (secondary N) is 1. The minimum Gasteiger partial charge on any atom is -0.491 e. The predicted molar refractivity (Wildman–Crippen MR) is 95.9 cm³/mol. The highest BCUT2D eigenvalue weighted by molar-refractivity contribution is 6.30. The van der Waals surface area contributed by atoms with Crippen molar-refractivity contribution >= 4 is 34.7 Å². The summed E-state index contributed by atoms with van der Waals surface area (Å²) < 4.78 is 12.5. The Morgan fingerprint density at radius 1 is 1.27 bits per heavy atom. The van der Waals surface area contributed by atoms with Crippen molar-refractivity contribution in [1.29, 1.82) is 0 Å². The lowest BCUT2D eigenvalue weighted by Crippen LogP contribution is -2.27. The number of imidazole rings is 1. The Labute approximate surface area is 152 Å². The molecule has 0 aliphatic rings. The average Bonchev–Trinajstić information content (AvgIpc) is 2.93. The van der Waals surface area contributed by atoms with Crippen LogP contribution in [0.4, 0.5) is 11.9 Å². The van der Waals surface area contributed by atoms with E-state index in [0.29, 0.717) is 10.8 Å². The van der Waals surface area contributed by atoms with Crippen molar-refractivity contribution in [2.45, 2.75) is 12.8 Å². The van der Waals surface area contributed by atoms with Crippen molar-refractivity contribution in [3.05, 3.63) is 39.6 Å². The highest BCUT2D eigenvalue weighted by Crippen LogP contribution is 2.17. The third-order valence-electron chi connectivity index (χ3n) is 3.55. The summed E-state index contributed by atoms with van der Waals surface area (Å²) in [5.41, 5.74) is 11.1. The summed E-state index contributed by atoms with van der Waals surface area (Å²) >= 11 is 5.81. The van der Waals surface area contributed by atoms with Gasteiger partial charge in [-0.1, -0.05) is 11.6 Å². The Balaban J connectivity index is 1.68. The number of nitrogens with zero attached hydrogens (tertiary/aromatic N) is 3. The number of hydrogen-bond acceptors (Lipinski definition) is 8. The molecule has 3 rings (SSSR count). The standard InChI is InChI=1S/C15H17ClN6O4/c16-8-1-3-9(4-2-8)25-6-10(5-23)26-7-22-12-11(19-15(22)18)13(24)21-14(17)20-12/h1-4,10,23H,5-7H2,(H2,18,19)(H3,17,20,21,24). The average molecular weight is 381 g/mol. The van der Waals surface area contributed by atoms with Gasteiger partial charge >= 0.3 is 0 Å². The number of ether oxygens (including phenoxy) is 2. The van der Waals surface area contributed by atoms with Gasteiger partial charge in [-0.3, -0.25) is 14.3 Å². The molecule has 0 aliphatic heterocycles. The molecular formula is C15H17ClN6O4. The molecular weight excluding hydrogens is 364 g/mol. The van der Waals surface area contributed by atoms with Gasteiger partial charge < -0.3 is 26.0 Å². The van der Waals surface area contributed by atoms with Crippen LogP contribution in [-0.4, -0.2) is 43.9 Å². The molecule has 0 saturated carbocycles. The summed E-state index contributed by atoms with van der Waals surface area (Å²) in [7, 11) is 0. The van der Waals surface area contributed by atoms with Crippen LogP contribution in [0, 0.1) is 0 Å². The molecule has 0 bridgehead atoms. The molecule has 6 N–H and O–H groups in total. The number of nitrogens with two attached hydrogens (primary N) is 2. The smallest absolute Gasteiger partial charge is 0.280 e. The highest BCUT2D eigenvalue weighted by atomic mass is 35.5. The SMILES string of the molecule is Nc1nc2c(nc(N)n2COC(CO)COc2ccc(Cl)cc2)c(=O)[nH]1. The molecule has 138 valence electrons. The quantitative estimate of drug-likeness (QED) is 0.457. The van der Waals surface area contributed by atoms with E-state index in [2.05, 4.69) is 15.0 Å². The van der Waals surface area contributed by atoms with Crippen LogP contribution in [0.2, 0.25) is 5.02 Å². The molecule has 26 heavy (non-hydrogen) atoms. The van der Waals surface area contributed by atoms with Gasteiger partial charge in [-0.15, -0.1) is 0 Å². The van der Waals surface area contributed by atoms with Gasteiger partial charge in [-0.05, 0) is 24.3 Å². The largest absolute Gasteiger partial charge is 0.491 e. The van der Waals surface area contributed by atoms with Gasteiger partial charge in [0.25, 0.3) is 5.56 Å². The van der Waals surface area contributed by atoms with E-state index in [1.165, 1.54) is 4.57 Å². The van der Waals surface area contributed by atoms with Gasteiger partial charge in [0.15, 0.2) is 11.2 Å². The van der Waals surface area contributed by atoms with E-state index in [4.69, 9.17) is 32.5 Å². The minimum absolute atomic E-state index is 0.0407. The summed E-state index contributed by atoms with van der Waals surface area (Å²) in [5.74, 6) is 0.567. The Kier molecular flexibility index (Phi) is 5.26. The first kappa shape index (κ1) is 18.0. The first-order valence-corrected chi connectivity index (χ1v) is 7.98. The number of halogens is 1. The van der Waals surface area contributed by atoms with Gasteiger partial charge in [0, 0.05) is 5.02 Å². The van der Waals surface area contributed by atoms with Crippen molar-refractivity contribution < 1.29 is 14.6 Å². The molecule has 3 aromatic rings. The monoisotopic (exact) mass is 380 g/mol. The number of hydrogen-bond donors (Lipinski definition) is 4. The summed E-state index contributed by atoms with van der Waals surface area (Å²) in [5, 5.41) is 10.1. The fourth-order valence-electron chi connectivity index (χ4n) is 2.23. The Hall–Kier alpha value is -2.82. The number of nitrogen functional groups attached to an aromatic ring is 2. The van der Waals surface area contributed by atoms with E-state index >= 15 is 0 Å². The number of fused-ring (bicyclic) bond motifs is 1. The molecule has 10 nitrogen and oxygen atoms in total. The van der Waals surface area contributed by atoms with Crippen molar-refractivity contribution in [1.82, 2.24) is 19.5 Å². The number of anilines is 2. The molecule has 0 amide bonds. The minimum atomic E-state index is -0.637. The third-order valence-corrected chi connectivity index (χ3v) is 3.80. The van der Waals surface area contributed by atoms with E-state index in [0.717, 1.165) is 0 Å². The van der Waals surface area contributed by atoms with Crippen LogP contribution < -0.4 is 21.8 Å². The zero-order valence-corrected chi connectivity index (χ0v) is 14.3. The lowest BCUT2D eigenvalue weighted by molar-refractivity contribution is -0.0431. The number of benzene rings is 1. The summed E-state index contributed by atoms with van der Waals surface area (Å²) in [6, 6.07) is 6.80. The van der Waals surface area contributed by atoms with E-state index < -0.39 is 11.7 Å². The van der Waals surface area contributed by atoms with Crippen LogP contribution in [0.25, 0.3) is 11.2 Å². The van der Waals surface area contributed by atoms with E-state index in [-0.39, 0.29) is 43.0 Å². The van der Waals surface area contributed by atoms with E-state index in [1.807, 2.05) is 0 Å². The number of aromatic nitrogens is 4. The predicted octanol–water partition coefficient (Wildman–Crippen LogP) is 0.351. The Bertz CT molecular complexity index is 955. The fourth-order valence-corrected chi connectivity index (χ4v) is 2.35. The van der Waals surface area contributed by atoms with Crippen LogP contribution in [0.1, 0.15) is 0 Å². The van der Waals surface area contributed by atoms with Crippen molar-refractivity contribution in [3.8, 4) is 5.75 Å². The molecule has 1 unspecified atom stereocenters. The van der Waals surface area contributed by atoms with Crippen LogP contribution in [0.15, 0.2) is 29.1 Å². The van der Waals surface area contributed by atoms with Gasteiger partial charge in [0.1, 0.15) is 25.2 Å². The number of aromatic amines is 1. The molecule has 0 radical (unpaired) electrons. The topological polar surface area (TPSA) is 154 Å². The number of H-pyrrole nitrogens is 1. The van der Waals surface area contributed by atoms with Crippen LogP contribution in [-0.2, 0) is 11.5 Å². The first-order chi connectivity index (χ1) is 12.5. The lowest BCUT2D eigenvalue weighted by Gasteiger charge is -2.17. The second kappa shape index (κ2) is 7.60. The maximum Gasteiger partial charge on any atom is 0.280 e. The van der Waals surface area contributed by atoms with Gasteiger partial charge in [0.05, 0.1) is 6.61 Å². The van der Waals surface area contributed by atoms with E-state index in [9.17, 15) is 9.90 Å². The Morgan fingerprint density at radius 2 is 2.00 bits per heavy atom. The zero-order chi connectivity index (χ0) is 18.7.